The molecule has 4 nitrogen and oxygen atoms in total. The van der Waals surface area contributed by atoms with Crippen LogP contribution in [0, 0.1) is 0 Å². The molecule has 2 aromatic rings. The number of nitrogens with one attached hydrogen (secondary N) is 2. The molecular weight excluding hydrogens is 262 g/mol. The first kappa shape index (κ1) is 13.6. The number of aromatic nitrogens is 1. The Kier molecular flexibility index (Phi) is 3.86. The van der Waals surface area contributed by atoms with E-state index in [1.165, 1.54) is 0 Å². The Morgan fingerprint density at radius 3 is 2.86 bits per heavy atom. The number of carbonyl (C=O) groups excluding carboxylic acids is 1. The summed E-state index contributed by atoms with van der Waals surface area (Å²) in [6, 6.07) is 11.9. The van der Waals surface area contributed by atoms with Crippen LogP contribution in [0.4, 0.5) is 5.69 Å². The Bertz CT molecular complexity index is 627. The highest BCUT2D eigenvalue weighted by Gasteiger charge is 2.26. The largest absolute Gasteiger partial charge is 0.385 e. The van der Waals surface area contributed by atoms with Crippen LogP contribution >= 0.6 is 0 Å². The molecule has 1 aromatic carbocycles. The number of benzene rings is 1. The maximum absolute atomic E-state index is 12.6. The minimum absolute atomic E-state index is 0.0115. The Hall–Kier alpha value is -2.36. The third-order valence-electron chi connectivity index (χ3n) is 3.97. The predicted molar refractivity (Wildman–Crippen MR) is 83.1 cm³/mol. The van der Waals surface area contributed by atoms with Crippen molar-refractivity contribution in [3.05, 3.63) is 59.9 Å². The van der Waals surface area contributed by atoms with Gasteiger partial charge < -0.3 is 10.6 Å². The highest BCUT2D eigenvalue weighted by atomic mass is 16.1. The Labute approximate surface area is 124 Å². The highest BCUT2D eigenvalue weighted by molar-refractivity contribution is 5.86. The topological polar surface area (TPSA) is 54.0 Å². The van der Waals surface area contributed by atoms with E-state index in [4.69, 9.17) is 0 Å². The van der Waals surface area contributed by atoms with Gasteiger partial charge in [0, 0.05) is 24.6 Å². The van der Waals surface area contributed by atoms with Crippen LogP contribution < -0.4 is 10.6 Å². The summed E-state index contributed by atoms with van der Waals surface area (Å²) in [7, 11) is 0. The van der Waals surface area contributed by atoms with Crippen LogP contribution in [-0.2, 0) is 4.79 Å². The molecule has 21 heavy (non-hydrogen) atoms. The summed E-state index contributed by atoms with van der Waals surface area (Å²) in [6.45, 7) is 2.83. The number of nitrogens with zero attached hydrogens (tertiary/aromatic N) is 1. The lowest BCUT2D eigenvalue weighted by Crippen LogP contribution is -2.34. The molecule has 0 saturated heterocycles. The number of carbonyl (C=O) groups is 1. The highest BCUT2D eigenvalue weighted by Crippen LogP contribution is 2.31. The van der Waals surface area contributed by atoms with Gasteiger partial charge in [-0.1, -0.05) is 18.2 Å². The van der Waals surface area contributed by atoms with Crippen LogP contribution in [0.25, 0.3) is 0 Å². The van der Waals surface area contributed by atoms with Crippen LogP contribution in [0.5, 0.6) is 0 Å². The van der Waals surface area contributed by atoms with Gasteiger partial charge in [0.05, 0.1) is 12.0 Å². The smallest absolute Gasteiger partial charge is 0.228 e. The monoisotopic (exact) mass is 281 g/mol. The second-order valence-electron chi connectivity index (χ2n) is 5.37. The van der Waals surface area contributed by atoms with E-state index in [1.54, 1.807) is 12.4 Å². The minimum Gasteiger partial charge on any atom is -0.385 e. The van der Waals surface area contributed by atoms with Gasteiger partial charge in [0.15, 0.2) is 0 Å². The summed E-state index contributed by atoms with van der Waals surface area (Å²) < 4.78 is 0. The van der Waals surface area contributed by atoms with Gasteiger partial charge in [-0.05, 0) is 42.7 Å². The van der Waals surface area contributed by atoms with Gasteiger partial charge in [-0.2, -0.15) is 0 Å². The van der Waals surface area contributed by atoms with Gasteiger partial charge in [0.25, 0.3) is 0 Å². The van der Waals surface area contributed by atoms with Crippen LogP contribution in [0.3, 0.4) is 0 Å². The molecule has 0 saturated carbocycles. The van der Waals surface area contributed by atoms with Gasteiger partial charge in [0.2, 0.25) is 5.91 Å². The lowest BCUT2D eigenvalue weighted by molar-refractivity contribution is -0.123. The van der Waals surface area contributed by atoms with E-state index in [0.717, 1.165) is 29.8 Å². The van der Waals surface area contributed by atoms with E-state index >= 15 is 0 Å². The molecule has 3 rings (SSSR count). The number of hydrogen-bond acceptors (Lipinski definition) is 3. The molecular formula is C17H19N3O. The first-order valence-electron chi connectivity index (χ1n) is 7.29. The van der Waals surface area contributed by atoms with Crippen LogP contribution in [0.15, 0.2) is 48.8 Å². The number of rotatable bonds is 3. The maximum atomic E-state index is 12.6. The molecule has 0 fully saturated rings. The Morgan fingerprint density at radius 2 is 2.05 bits per heavy atom. The van der Waals surface area contributed by atoms with Crippen LogP contribution in [-0.4, -0.2) is 17.4 Å². The van der Waals surface area contributed by atoms with E-state index in [0.29, 0.717) is 0 Å². The lowest BCUT2D eigenvalue weighted by atomic mass is 9.90. The summed E-state index contributed by atoms with van der Waals surface area (Å²) in [6.07, 6.45) is 4.32. The van der Waals surface area contributed by atoms with Gasteiger partial charge in [0.1, 0.15) is 0 Å². The second kappa shape index (κ2) is 5.95. The van der Waals surface area contributed by atoms with Crippen molar-refractivity contribution in [3.8, 4) is 0 Å². The Morgan fingerprint density at radius 1 is 1.29 bits per heavy atom. The summed E-state index contributed by atoms with van der Waals surface area (Å²) in [5, 5.41) is 6.46. The van der Waals surface area contributed by atoms with Crippen molar-refractivity contribution in [2.45, 2.75) is 25.3 Å². The van der Waals surface area contributed by atoms with Crippen LogP contribution in [0.2, 0.25) is 0 Å². The molecule has 2 N–H and O–H groups in total. The van der Waals surface area contributed by atoms with Gasteiger partial charge in [-0.3, -0.25) is 9.78 Å². The van der Waals surface area contributed by atoms with Crippen molar-refractivity contribution in [1.82, 2.24) is 10.3 Å². The predicted octanol–water partition coefficient (Wildman–Crippen LogP) is 2.86. The number of para-hydroxylation sites is 1. The van der Waals surface area contributed by atoms with E-state index in [2.05, 4.69) is 15.6 Å². The van der Waals surface area contributed by atoms with Crippen molar-refractivity contribution in [1.29, 1.82) is 0 Å². The fourth-order valence-electron chi connectivity index (χ4n) is 2.79. The molecule has 2 atom stereocenters. The molecule has 1 aliphatic rings. The molecule has 0 aliphatic carbocycles. The van der Waals surface area contributed by atoms with Crippen molar-refractivity contribution >= 4 is 11.6 Å². The molecule has 1 unspecified atom stereocenters. The fourth-order valence-corrected chi connectivity index (χ4v) is 2.79. The summed E-state index contributed by atoms with van der Waals surface area (Å²) in [4.78, 5) is 16.6. The van der Waals surface area contributed by atoms with Crippen molar-refractivity contribution in [2.75, 3.05) is 11.9 Å². The Balaban J connectivity index is 1.75. The lowest BCUT2D eigenvalue weighted by Gasteiger charge is -2.27. The van der Waals surface area contributed by atoms with Crippen molar-refractivity contribution in [3.63, 3.8) is 0 Å². The molecule has 0 spiro atoms. The standard InChI is InChI=1S/C17H19N3O/c1-12(13-6-9-18-10-7-13)20-17(21)15-8-11-19-16-5-3-2-4-14(15)16/h2-7,9-10,12,15,19H,8,11H2,1H3,(H,20,21)/t12-,15?/m0/s1. The van der Waals surface area contributed by atoms with Gasteiger partial charge >= 0.3 is 0 Å². The summed E-state index contributed by atoms with van der Waals surface area (Å²) in [5.74, 6) is 0.0139. The van der Waals surface area contributed by atoms with Crippen molar-refractivity contribution < 1.29 is 4.79 Å². The zero-order valence-corrected chi connectivity index (χ0v) is 12.0. The third-order valence-corrected chi connectivity index (χ3v) is 3.97. The zero-order valence-electron chi connectivity index (χ0n) is 12.0. The van der Waals surface area contributed by atoms with Crippen molar-refractivity contribution in [2.24, 2.45) is 0 Å². The fraction of sp³-hybridized carbons (Fsp3) is 0.294. The molecule has 2 heterocycles. The number of anilines is 1. The number of fused-ring (bicyclic) bond motifs is 1. The molecule has 1 amide bonds. The van der Waals surface area contributed by atoms with Crippen LogP contribution in [0.1, 0.15) is 36.4 Å². The second-order valence-corrected chi connectivity index (χ2v) is 5.37. The zero-order chi connectivity index (χ0) is 14.7. The van der Waals surface area contributed by atoms with E-state index < -0.39 is 0 Å². The average molecular weight is 281 g/mol. The van der Waals surface area contributed by atoms with E-state index in [-0.39, 0.29) is 17.9 Å². The third kappa shape index (κ3) is 2.89. The minimum atomic E-state index is -0.0771. The quantitative estimate of drug-likeness (QED) is 0.909. The normalized spacial score (nSPS) is 18.2. The van der Waals surface area contributed by atoms with E-state index in [1.807, 2.05) is 43.3 Å². The molecule has 0 bridgehead atoms. The molecule has 0 radical (unpaired) electrons. The first-order chi connectivity index (χ1) is 10.3. The van der Waals surface area contributed by atoms with Gasteiger partial charge in [-0.25, -0.2) is 0 Å². The molecule has 1 aromatic heterocycles. The SMILES string of the molecule is C[C@H](NC(=O)C1CCNc2ccccc21)c1ccncc1. The maximum Gasteiger partial charge on any atom is 0.228 e. The van der Waals surface area contributed by atoms with Gasteiger partial charge in [-0.15, -0.1) is 0 Å². The molecule has 1 aliphatic heterocycles. The summed E-state index contributed by atoms with van der Waals surface area (Å²) >= 11 is 0. The molecule has 4 heteroatoms. The van der Waals surface area contributed by atoms with E-state index in [9.17, 15) is 4.79 Å². The number of hydrogen-bond donors (Lipinski definition) is 2. The summed E-state index contributed by atoms with van der Waals surface area (Å²) in [5.41, 5.74) is 3.23. The average Bonchev–Trinajstić information content (AvgIpc) is 2.55. The molecule has 108 valence electrons. The number of amides is 1. The first-order valence-corrected chi connectivity index (χ1v) is 7.29. The number of pyridine rings is 1.